The molecule has 2 heterocycles. The monoisotopic (exact) mass is 328 g/mol. The van der Waals surface area contributed by atoms with Crippen LogP contribution in [0.4, 0.5) is 10.6 Å². The van der Waals surface area contributed by atoms with Crippen LogP contribution in [0, 0.1) is 0 Å². The Morgan fingerprint density at radius 1 is 1.29 bits per heavy atom. The Labute approximate surface area is 144 Å². The molecule has 4 heteroatoms. The topological polar surface area (TPSA) is 42.4 Å². The summed E-state index contributed by atoms with van der Waals surface area (Å²) in [6.45, 7) is 6.38. The summed E-state index contributed by atoms with van der Waals surface area (Å²) in [7, 11) is 0. The third-order valence-corrected chi connectivity index (χ3v) is 4.32. The van der Waals surface area contributed by atoms with Gasteiger partial charge in [0.1, 0.15) is 11.4 Å². The number of unbranched alkanes of at least 4 members (excludes halogenated alkanes) is 1. The van der Waals surface area contributed by atoms with E-state index in [-0.39, 0.29) is 6.09 Å². The lowest BCUT2D eigenvalue weighted by atomic mass is 10.0. The molecule has 130 valence electrons. The maximum Gasteiger partial charge on any atom is 0.416 e. The summed E-state index contributed by atoms with van der Waals surface area (Å²) in [5.41, 5.74) is 3.33. The number of fused-ring (bicyclic) bond motifs is 1. The summed E-state index contributed by atoms with van der Waals surface area (Å²) < 4.78 is 5.54. The Morgan fingerprint density at radius 3 is 2.79 bits per heavy atom. The van der Waals surface area contributed by atoms with E-state index in [1.807, 2.05) is 20.8 Å². The fourth-order valence-corrected chi connectivity index (χ4v) is 2.98. The Balaban J connectivity index is 1.68. The van der Waals surface area contributed by atoms with Gasteiger partial charge in [-0.2, -0.15) is 0 Å². The van der Waals surface area contributed by atoms with Crippen molar-refractivity contribution >= 4 is 11.9 Å². The van der Waals surface area contributed by atoms with Gasteiger partial charge in [0.2, 0.25) is 0 Å². The minimum Gasteiger partial charge on any atom is -0.443 e. The van der Waals surface area contributed by atoms with Crippen LogP contribution in [-0.2, 0) is 17.6 Å². The molecule has 0 saturated heterocycles. The quantitative estimate of drug-likeness (QED) is 0.588. The van der Waals surface area contributed by atoms with Crippen molar-refractivity contribution in [2.24, 2.45) is 0 Å². The van der Waals surface area contributed by atoms with Crippen LogP contribution in [0.3, 0.4) is 0 Å². The number of carbonyl (C=O) groups is 1. The van der Waals surface area contributed by atoms with Gasteiger partial charge >= 0.3 is 6.09 Å². The molecule has 0 N–H and O–H groups in total. The van der Waals surface area contributed by atoms with Gasteiger partial charge in [0, 0.05) is 12.2 Å². The molecule has 4 nitrogen and oxygen atoms in total. The van der Waals surface area contributed by atoms with Crippen molar-refractivity contribution in [3.8, 4) is 0 Å². The zero-order valence-electron chi connectivity index (χ0n) is 15.1. The summed E-state index contributed by atoms with van der Waals surface area (Å²) in [4.78, 5) is 19.0. The number of ether oxygens (including phenoxy) is 1. The number of aromatic nitrogens is 1. The Hall–Kier alpha value is -1.84. The van der Waals surface area contributed by atoms with Gasteiger partial charge in [-0.3, -0.25) is 4.90 Å². The highest BCUT2D eigenvalue weighted by Gasteiger charge is 2.28. The number of aryl methyl sites for hydroxylation is 2. The smallest absolute Gasteiger partial charge is 0.416 e. The molecule has 1 saturated carbocycles. The highest BCUT2D eigenvalue weighted by Crippen LogP contribution is 2.29. The Morgan fingerprint density at radius 2 is 2.08 bits per heavy atom. The van der Waals surface area contributed by atoms with Crippen LogP contribution in [-0.4, -0.2) is 23.2 Å². The van der Waals surface area contributed by atoms with Crippen LogP contribution in [0.2, 0.25) is 0 Å². The molecule has 0 unspecified atom stereocenters. The number of carbonyl (C=O) groups excluding carboxylic acids is 1. The minimum atomic E-state index is -0.484. The molecular weight excluding hydrogens is 300 g/mol. The molecule has 1 aromatic heterocycles. The van der Waals surface area contributed by atoms with Gasteiger partial charge in [-0.05, 0) is 77.3 Å². The molecule has 1 fully saturated rings. The second-order valence-corrected chi connectivity index (χ2v) is 7.78. The Bertz CT molecular complexity index is 638. The van der Waals surface area contributed by atoms with E-state index in [1.54, 1.807) is 10.5 Å². The largest absolute Gasteiger partial charge is 0.443 e. The molecule has 3 rings (SSSR count). The second-order valence-electron chi connectivity index (χ2n) is 7.78. The molecular formula is C20H28N2O2. The molecule has 1 amide bonds. The van der Waals surface area contributed by atoms with Gasteiger partial charge in [-0.15, -0.1) is 0 Å². The first kappa shape index (κ1) is 17.0. The van der Waals surface area contributed by atoms with Crippen molar-refractivity contribution in [1.29, 1.82) is 0 Å². The summed E-state index contributed by atoms with van der Waals surface area (Å²) in [5, 5.41) is 0. The maximum absolute atomic E-state index is 12.5. The first-order valence-electron chi connectivity index (χ1n) is 9.09. The van der Waals surface area contributed by atoms with Crippen LogP contribution in [0.15, 0.2) is 23.8 Å². The predicted octanol–water partition coefficient (Wildman–Crippen LogP) is 4.81. The zero-order valence-corrected chi connectivity index (χ0v) is 15.1. The first-order valence-corrected chi connectivity index (χ1v) is 9.09. The van der Waals surface area contributed by atoms with Crippen molar-refractivity contribution in [2.75, 3.05) is 11.4 Å². The fourth-order valence-electron chi connectivity index (χ4n) is 2.98. The maximum atomic E-state index is 12.5. The molecule has 0 bridgehead atoms. The van der Waals surface area contributed by atoms with Crippen molar-refractivity contribution in [2.45, 2.75) is 71.3 Å². The van der Waals surface area contributed by atoms with Crippen molar-refractivity contribution < 1.29 is 9.53 Å². The lowest BCUT2D eigenvalue weighted by molar-refractivity contribution is 0.0576. The molecule has 1 aliphatic heterocycles. The minimum absolute atomic E-state index is 0.286. The van der Waals surface area contributed by atoms with Crippen molar-refractivity contribution in [1.82, 2.24) is 4.98 Å². The van der Waals surface area contributed by atoms with Crippen molar-refractivity contribution in [3.05, 3.63) is 35.0 Å². The fraction of sp³-hybridized carbons (Fsp3) is 0.600. The average Bonchev–Trinajstić information content (AvgIpc) is 3.33. The van der Waals surface area contributed by atoms with E-state index in [0.717, 1.165) is 49.2 Å². The van der Waals surface area contributed by atoms with E-state index >= 15 is 0 Å². The molecule has 1 aromatic rings. The number of hydrogen-bond donors (Lipinski definition) is 0. The summed E-state index contributed by atoms with van der Waals surface area (Å²) in [5.74, 6) is 0.800. The first-order chi connectivity index (χ1) is 11.4. The number of pyridine rings is 1. The van der Waals surface area contributed by atoms with Gasteiger partial charge in [0.05, 0.1) is 0 Å². The third-order valence-electron chi connectivity index (χ3n) is 4.32. The lowest BCUT2D eigenvalue weighted by Gasteiger charge is -2.31. The number of rotatable bonds is 4. The van der Waals surface area contributed by atoms with E-state index < -0.39 is 5.60 Å². The standard InChI is InChI=1S/C20H28N2O2/c1-20(2,3)24-19(23)22-14-6-8-16-12-13-17(21-18(16)22)9-5-4-7-15-10-11-15/h7,12-13H,4-6,8-11,14H2,1-3H3. The molecule has 0 atom stereocenters. The number of amides is 1. The number of hydrogen-bond acceptors (Lipinski definition) is 3. The number of anilines is 1. The zero-order chi connectivity index (χ0) is 17.2. The molecule has 1 aliphatic carbocycles. The normalized spacial score (nSPS) is 16.6. The molecule has 2 aliphatic rings. The van der Waals surface area contributed by atoms with E-state index in [2.05, 4.69) is 18.2 Å². The molecule has 0 spiro atoms. The second kappa shape index (κ2) is 6.96. The van der Waals surface area contributed by atoms with Crippen LogP contribution >= 0.6 is 0 Å². The molecule has 24 heavy (non-hydrogen) atoms. The van der Waals surface area contributed by atoms with Gasteiger partial charge < -0.3 is 4.74 Å². The highest BCUT2D eigenvalue weighted by molar-refractivity contribution is 5.88. The predicted molar refractivity (Wildman–Crippen MR) is 96.4 cm³/mol. The molecule has 0 radical (unpaired) electrons. The summed E-state index contributed by atoms with van der Waals surface area (Å²) in [6, 6.07) is 4.25. The lowest BCUT2D eigenvalue weighted by Crippen LogP contribution is -2.40. The summed E-state index contributed by atoms with van der Waals surface area (Å²) in [6.07, 6.45) is 9.81. The van der Waals surface area contributed by atoms with Gasteiger partial charge in [-0.1, -0.05) is 17.7 Å². The van der Waals surface area contributed by atoms with E-state index in [1.165, 1.54) is 12.8 Å². The third kappa shape index (κ3) is 4.59. The van der Waals surface area contributed by atoms with Crippen LogP contribution in [0.25, 0.3) is 0 Å². The van der Waals surface area contributed by atoms with E-state index in [0.29, 0.717) is 6.54 Å². The highest BCUT2D eigenvalue weighted by atomic mass is 16.6. The van der Waals surface area contributed by atoms with Gasteiger partial charge in [0.15, 0.2) is 0 Å². The summed E-state index contributed by atoms with van der Waals surface area (Å²) >= 11 is 0. The van der Waals surface area contributed by atoms with Gasteiger partial charge in [-0.25, -0.2) is 9.78 Å². The van der Waals surface area contributed by atoms with E-state index in [9.17, 15) is 4.79 Å². The number of nitrogens with zero attached hydrogens (tertiary/aromatic N) is 2. The average molecular weight is 328 g/mol. The van der Waals surface area contributed by atoms with Crippen LogP contribution in [0.5, 0.6) is 0 Å². The number of allylic oxidation sites excluding steroid dienone is 2. The molecule has 0 aromatic carbocycles. The van der Waals surface area contributed by atoms with E-state index in [4.69, 9.17) is 9.72 Å². The Kier molecular flexibility index (Phi) is 4.93. The van der Waals surface area contributed by atoms with Crippen molar-refractivity contribution in [3.63, 3.8) is 0 Å². The van der Waals surface area contributed by atoms with Crippen LogP contribution < -0.4 is 4.90 Å². The van der Waals surface area contributed by atoms with Crippen LogP contribution in [0.1, 0.15) is 64.1 Å². The van der Waals surface area contributed by atoms with Gasteiger partial charge in [0.25, 0.3) is 0 Å². The SMILES string of the molecule is CC(C)(C)OC(=O)N1CCCc2ccc(CCCC=C3CC3)nc21.